The SMILES string of the molecule is CC.CC.NCC(=O)Nc1ccc(I)nc1.[HH]. The highest BCUT2D eigenvalue weighted by Gasteiger charge is 1.97. The quantitative estimate of drug-likeness (QED) is 0.643. The summed E-state index contributed by atoms with van der Waals surface area (Å²) in [4.78, 5) is 14.8. The second-order valence-corrected chi connectivity index (χ2v) is 3.23. The number of nitrogens with two attached hydrogens (primary N) is 1. The van der Waals surface area contributed by atoms with Gasteiger partial charge in [0, 0.05) is 1.43 Å². The summed E-state index contributed by atoms with van der Waals surface area (Å²) in [6.45, 7) is 7.99. The first-order valence-corrected chi connectivity index (χ1v) is 6.41. The molecule has 5 heteroatoms. The second kappa shape index (κ2) is 12.4. The van der Waals surface area contributed by atoms with E-state index in [2.05, 4.69) is 32.9 Å². The van der Waals surface area contributed by atoms with Crippen LogP contribution < -0.4 is 11.1 Å². The van der Waals surface area contributed by atoms with Crippen molar-refractivity contribution in [2.24, 2.45) is 5.73 Å². The molecular formula is C11H22IN3O. The van der Waals surface area contributed by atoms with Crippen LogP contribution in [0.25, 0.3) is 0 Å². The van der Waals surface area contributed by atoms with E-state index in [9.17, 15) is 4.79 Å². The van der Waals surface area contributed by atoms with Crippen LogP contribution in [0.4, 0.5) is 5.69 Å². The van der Waals surface area contributed by atoms with Crippen LogP contribution >= 0.6 is 22.6 Å². The number of aromatic nitrogens is 1. The van der Waals surface area contributed by atoms with Crippen LogP contribution in [-0.2, 0) is 4.79 Å². The number of carbonyl (C=O) groups excluding carboxylic acids is 1. The Morgan fingerprint density at radius 1 is 1.44 bits per heavy atom. The summed E-state index contributed by atoms with van der Waals surface area (Å²) >= 11 is 2.09. The van der Waals surface area contributed by atoms with Crippen molar-refractivity contribution in [3.05, 3.63) is 22.0 Å². The van der Waals surface area contributed by atoms with Gasteiger partial charge >= 0.3 is 0 Å². The molecule has 0 aliphatic rings. The lowest BCUT2D eigenvalue weighted by molar-refractivity contribution is -0.114. The van der Waals surface area contributed by atoms with E-state index in [1.165, 1.54) is 0 Å². The minimum absolute atomic E-state index is 0. The summed E-state index contributed by atoms with van der Waals surface area (Å²) in [6, 6.07) is 3.59. The van der Waals surface area contributed by atoms with Crippen LogP contribution in [0.2, 0.25) is 0 Å². The third-order valence-electron chi connectivity index (χ3n) is 1.20. The number of nitrogens with one attached hydrogen (secondary N) is 1. The van der Waals surface area contributed by atoms with Gasteiger partial charge < -0.3 is 11.1 Å². The standard InChI is InChI=1S/C7H8IN3O.2C2H6.H2/c8-6-2-1-5(4-10-6)11-7(12)3-9;2*1-2;/h1-2,4H,3,9H2,(H,11,12);2*1-2H3;1H. The number of rotatable bonds is 2. The summed E-state index contributed by atoms with van der Waals surface area (Å²) in [6.07, 6.45) is 1.59. The number of pyridine rings is 1. The topological polar surface area (TPSA) is 68.0 Å². The number of anilines is 1. The Morgan fingerprint density at radius 3 is 2.38 bits per heavy atom. The normalized spacial score (nSPS) is 7.88. The highest BCUT2D eigenvalue weighted by molar-refractivity contribution is 14.1. The lowest BCUT2D eigenvalue weighted by Crippen LogP contribution is -2.21. The average molecular weight is 339 g/mol. The molecule has 1 aromatic rings. The molecule has 94 valence electrons. The van der Waals surface area contributed by atoms with Crippen molar-refractivity contribution < 1.29 is 6.22 Å². The lowest BCUT2D eigenvalue weighted by atomic mass is 10.4. The van der Waals surface area contributed by atoms with E-state index in [4.69, 9.17) is 5.73 Å². The second-order valence-electron chi connectivity index (χ2n) is 2.12. The van der Waals surface area contributed by atoms with E-state index in [1.807, 2.05) is 33.8 Å². The minimum atomic E-state index is -0.210. The Labute approximate surface area is 113 Å². The molecule has 3 N–H and O–H groups in total. The fraction of sp³-hybridized carbons (Fsp3) is 0.455. The van der Waals surface area contributed by atoms with Crippen molar-refractivity contribution in [3.63, 3.8) is 0 Å². The number of hydrogen-bond acceptors (Lipinski definition) is 3. The Kier molecular flexibility index (Phi) is 13.7. The van der Waals surface area contributed by atoms with Gasteiger partial charge in [-0.05, 0) is 34.7 Å². The smallest absolute Gasteiger partial charge is 0.238 e. The molecule has 0 aliphatic heterocycles. The largest absolute Gasteiger partial charge is 0.324 e. The van der Waals surface area contributed by atoms with E-state index in [-0.39, 0.29) is 13.9 Å². The zero-order chi connectivity index (χ0) is 13.0. The van der Waals surface area contributed by atoms with E-state index in [0.29, 0.717) is 5.69 Å². The molecule has 0 aromatic carbocycles. The van der Waals surface area contributed by atoms with Gasteiger partial charge in [0.15, 0.2) is 0 Å². The van der Waals surface area contributed by atoms with Gasteiger partial charge in [0.1, 0.15) is 3.70 Å². The summed E-state index contributed by atoms with van der Waals surface area (Å²) in [7, 11) is 0. The number of hydrogen-bond donors (Lipinski definition) is 2. The van der Waals surface area contributed by atoms with Crippen molar-refractivity contribution in [1.29, 1.82) is 0 Å². The van der Waals surface area contributed by atoms with Gasteiger partial charge in [-0.1, -0.05) is 27.7 Å². The van der Waals surface area contributed by atoms with Crippen molar-refractivity contribution in [2.45, 2.75) is 27.7 Å². The first-order valence-electron chi connectivity index (χ1n) is 5.34. The molecule has 0 bridgehead atoms. The zero-order valence-corrected chi connectivity index (χ0v) is 12.4. The predicted octanol–water partition coefficient (Wildman–Crippen LogP) is 2.88. The highest BCUT2D eigenvalue weighted by Crippen LogP contribution is 2.06. The maximum atomic E-state index is 10.8. The van der Waals surface area contributed by atoms with Crippen molar-refractivity contribution in [2.75, 3.05) is 11.9 Å². The number of carbonyl (C=O) groups is 1. The fourth-order valence-electron chi connectivity index (χ4n) is 0.662. The molecular weight excluding hydrogens is 317 g/mol. The molecule has 0 aliphatic carbocycles. The number of halogens is 1. The van der Waals surface area contributed by atoms with Crippen LogP contribution in [0.3, 0.4) is 0 Å². The summed E-state index contributed by atoms with van der Waals surface area (Å²) < 4.78 is 0.887. The van der Waals surface area contributed by atoms with Gasteiger partial charge in [-0.15, -0.1) is 0 Å². The molecule has 0 saturated carbocycles. The van der Waals surface area contributed by atoms with E-state index >= 15 is 0 Å². The molecule has 1 amide bonds. The first-order chi connectivity index (χ1) is 7.72. The summed E-state index contributed by atoms with van der Waals surface area (Å²) in [5.74, 6) is -0.210. The zero-order valence-electron chi connectivity index (χ0n) is 10.2. The van der Waals surface area contributed by atoms with Gasteiger partial charge in [-0.2, -0.15) is 0 Å². The van der Waals surface area contributed by atoms with Crippen molar-refractivity contribution >= 4 is 34.2 Å². The molecule has 16 heavy (non-hydrogen) atoms. The Morgan fingerprint density at radius 2 is 2.00 bits per heavy atom. The molecule has 1 rings (SSSR count). The van der Waals surface area contributed by atoms with Crippen LogP contribution in [0.5, 0.6) is 0 Å². The molecule has 0 radical (unpaired) electrons. The summed E-state index contributed by atoms with van der Waals surface area (Å²) in [5.41, 5.74) is 5.79. The van der Waals surface area contributed by atoms with Gasteiger partial charge in [0.2, 0.25) is 5.91 Å². The molecule has 1 heterocycles. The molecule has 1 aromatic heterocycles. The molecule has 0 fully saturated rings. The average Bonchev–Trinajstić information content (AvgIpc) is 2.37. The van der Waals surface area contributed by atoms with Crippen LogP contribution in [0.1, 0.15) is 29.1 Å². The van der Waals surface area contributed by atoms with Crippen LogP contribution in [-0.4, -0.2) is 17.4 Å². The minimum Gasteiger partial charge on any atom is -0.324 e. The van der Waals surface area contributed by atoms with E-state index < -0.39 is 0 Å². The third kappa shape index (κ3) is 8.60. The Bertz CT molecular complexity index is 281. The molecule has 0 unspecified atom stereocenters. The van der Waals surface area contributed by atoms with Gasteiger partial charge in [-0.25, -0.2) is 4.98 Å². The maximum Gasteiger partial charge on any atom is 0.238 e. The van der Waals surface area contributed by atoms with Crippen molar-refractivity contribution in [1.82, 2.24) is 4.98 Å². The van der Waals surface area contributed by atoms with Crippen molar-refractivity contribution in [3.8, 4) is 0 Å². The summed E-state index contributed by atoms with van der Waals surface area (Å²) in [5, 5.41) is 2.59. The number of nitrogens with zero attached hydrogens (tertiary/aromatic N) is 1. The Balaban J connectivity index is -0.000000355. The van der Waals surface area contributed by atoms with Gasteiger partial charge in [0.25, 0.3) is 0 Å². The van der Waals surface area contributed by atoms with Gasteiger partial charge in [-0.3, -0.25) is 4.79 Å². The monoisotopic (exact) mass is 339 g/mol. The highest BCUT2D eigenvalue weighted by atomic mass is 127. The lowest BCUT2D eigenvalue weighted by Gasteiger charge is -2.01. The van der Waals surface area contributed by atoms with Gasteiger partial charge in [0.05, 0.1) is 18.4 Å². The van der Waals surface area contributed by atoms with E-state index in [0.717, 1.165) is 3.70 Å². The molecule has 4 nitrogen and oxygen atoms in total. The molecule has 0 saturated heterocycles. The van der Waals surface area contributed by atoms with Crippen LogP contribution in [0, 0.1) is 3.70 Å². The fourth-order valence-corrected chi connectivity index (χ4v) is 0.981. The number of amides is 1. The maximum absolute atomic E-state index is 10.8. The first kappa shape index (κ1) is 17.7. The molecule has 0 spiro atoms. The predicted molar refractivity (Wildman–Crippen MR) is 79.4 cm³/mol. The third-order valence-corrected chi connectivity index (χ3v) is 1.83. The molecule has 0 atom stereocenters. The Hall–Kier alpha value is -0.690. The van der Waals surface area contributed by atoms with Crippen LogP contribution in [0.15, 0.2) is 18.3 Å². The van der Waals surface area contributed by atoms with E-state index in [1.54, 1.807) is 12.3 Å².